The molecule has 0 unspecified atom stereocenters. The van der Waals surface area contributed by atoms with E-state index in [0.29, 0.717) is 19.4 Å². The summed E-state index contributed by atoms with van der Waals surface area (Å²) in [5.41, 5.74) is 4.29. The van der Waals surface area contributed by atoms with E-state index in [-0.39, 0.29) is 18.5 Å². The molecule has 186 valence electrons. The number of likely N-dealkylation sites (N-methyl/N-ethyl adjacent to an activating group) is 1. The third-order valence-electron chi connectivity index (χ3n) is 8.00. The molecule has 2 aromatic rings. The minimum Gasteiger partial charge on any atom is -0.497 e. The molecule has 35 heavy (non-hydrogen) atoms. The number of benzene rings is 2. The second-order valence-electron chi connectivity index (χ2n) is 10.1. The minimum atomic E-state index is -0.722. The van der Waals surface area contributed by atoms with Gasteiger partial charge in [-0.05, 0) is 67.5 Å². The number of methoxy groups -OCH3 is 1. The third kappa shape index (κ3) is 4.27. The molecule has 2 aromatic carbocycles. The van der Waals surface area contributed by atoms with Crippen molar-refractivity contribution < 1.29 is 14.3 Å². The molecule has 7 nitrogen and oxygen atoms in total. The lowest BCUT2D eigenvalue weighted by atomic mass is 9.85. The predicted octanol–water partition coefficient (Wildman–Crippen LogP) is 3.90. The van der Waals surface area contributed by atoms with Crippen molar-refractivity contribution in [2.75, 3.05) is 45.2 Å². The number of carbonyl (C=O) groups excluding carboxylic acids is 2. The summed E-state index contributed by atoms with van der Waals surface area (Å²) in [6.45, 7) is 6.40. The molecular formula is C28H36N4O3. The van der Waals surface area contributed by atoms with Crippen molar-refractivity contribution in [3.8, 4) is 5.75 Å². The summed E-state index contributed by atoms with van der Waals surface area (Å²) in [7, 11) is 3.79. The van der Waals surface area contributed by atoms with Crippen molar-refractivity contribution in [1.82, 2.24) is 14.7 Å². The standard InChI is InChI=1S/C28H36N4O3/c1-4-32-27(34)31(20-21-7-5-9-24(18-21)35-3)26(33)28(32)12-15-30(16-13-28)19-22-10-11-25-23(17-22)8-6-14-29(25)2/h5,7,9-11,17-18H,4,6,8,12-16,19-20H2,1-3H3. The Morgan fingerprint density at radius 2 is 1.74 bits per heavy atom. The molecule has 1 spiro atoms. The van der Waals surface area contributed by atoms with Crippen molar-refractivity contribution in [2.24, 2.45) is 0 Å². The van der Waals surface area contributed by atoms with E-state index in [4.69, 9.17) is 4.74 Å². The van der Waals surface area contributed by atoms with Gasteiger partial charge in [0.05, 0.1) is 13.7 Å². The van der Waals surface area contributed by atoms with E-state index in [1.54, 1.807) is 7.11 Å². The lowest BCUT2D eigenvalue weighted by Gasteiger charge is -2.42. The third-order valence-corrected chi connectivity index (χ3v) is 8.00. The average molecular weight is 477 g/mol. The summed E-state index contributed by atoms with van der Waals surface area (Å²) >= 11 is 0. The minimum absolute atomic E-state index is 0.0522. The van der Waals surface area contributed by atoms with Gasteiger partial charge in [0, 0.05) is 45.5 Å². The number of amides is 3. The zero-order chi connectivity index (χ0) is 24.6. The van der Waals surface area contributed by atoms with Crippen LogP contribution < -0.4 is 9.64 Å². The molecular weight excluding hydrogens is 440 g/mol. The number of hydrogen-bond acceptors (Lipinski definition) is 5. The first-order valence-electron chi connectivity index (χ1n) is 12.8. The molecule has 0 aromatic heterocycles. The lowest BCUT2D eigenvalue weighted by Crippen LogP contribution is -2.56. The van der Waals surface area contributed by atoms with Gasteiger partial charge in [0.15, 0.2) is 0 Å². The van der Waals surface area contributed by atoms with Gasteiger partial charge >= 0.3 is 6.03 Å². The number of fused-ring (bicyclic) bond motifs is 1. The van der Waals surface area contributed by atoms with E-state index in [1.165, 1.54) is 28.1 Å². The summed E-state index contributed by atoms with van der Waals surface area (Å²) in [6.07, 6.45) is 3.69. The number of rotatable bonds is 6. The van der Waals surface area contributed by atoms with E-state index < -0.39 is 5.54 Å². The highest BCUT2D eigenvalue weighted by molar-refractivity contribution is 6.07. The molecule has 0 aliphatic carbocycles. The molecule has 5 rings (SSSR count). The lowest BCUT2D eigenvalue weighted by molar-refractivity contribution is -0.136. The monoisotopic (exact) mass is 476 g/mol. The van der Waals surface area contributed by atoms with Crippen LogP contribution in [0.15, 0.2) is 42.5 Å². The highest BCUT2D eigenvalue weighted by atomic mass is 16.5. The highest BCUT2D eigenvalue weighted by Crippen LogP contribution is 2.38. The second kappa shape index (κ2) is 9.53. The molecule has 3 aliphatic rings. The molecule has 0 N–H and O–H groups in total. The van der Waals surface area contributed by atoms with Gasteiger partial charge in [0.25, 0.3) is 5.91 Å². The Hall–Kier alpha value is -3.06. The summed E-state index contributed by atoms with van der Waals surface area (Å²) in [4.78, 5) is 35.0. The first-order chi connectivity index (χ1) is 16.9. The van der Waals surface area contributed by atoms with E-state index in [2.05, 4.69) is 35.0 Å². The first kappa shape index (κ1) is 23.7. The molecule has 3 aliphatic heterocycles. The quantitative estimate of drug-likeness (QED) is 0.592. The molecule has 7 heteroatoms. The number of nitrogens with zero attached hydrogens (tertiary/aromatic N) is 4. The highest BCUT2D eigenvalue weighted by Gasteiger charge is 2.57. The normalized spacial score (nSPS) is 20.0. The van der Waals surface area contributed by atoms with E-state index in [0.717, 1.165) is 43.9 Å². The fourth-order valence-corrected chi connectivity index (χ4v) is 6.07. The van der Waals surface area contributed by atoms with Crippen molar-refractivity contribution in [2.45, 2.75) is 51.2 Å². The van der Waals surface area contributed by atoms with Crippen LogP contribution in [-0.4, -0.2) is 72.5 Å². The van der Waals surface area contributed by atoms with Crippen molar-refractivity contribution in [3.05, 3.63) is 59.2 Å². The van der Waals surface area contributed by atoms with Crippen LogP contribution >= 0.6 is 0 Å². The Morgan fingerprint density at radius 1 is 0.971 bits per heavy atom. The van der Waals surface area contributed by atoms with Crippen LogP contribution in [0.2, 0.25) is 0 Å². The number of imide groups is 1. The Bertz CT molecular complexity index is 1110. The van der Waals surface area contributed by atoms with Crippen molar-refractivity contribution in [3.63, 3.8) is 0 Å². The number of likely N-dealkylation sites (tertiary alicyclic amines) is 1. The summed E-state index contributed by atoms with van der Waals surface area (Å²) in [6, 6.07) is 14.3. The molecule has 0 saturated carbocycles. The first-order valence-corrected chi connectivity index (χ1v) is 12.8. The smallest absolute Gasteiger partial charge is 0.327 e. The number of piperidine rings is 1. The van der Waals surface area contributed by atoms with Crippen LogP contribution in [0, 0.1) is 0 Å². The predicted molar refractivity (Wildman–Crippen MR) is 137 cm³/mol. The Kier molecular flexibility index (Phi) is 6.45. The Labute approximate surface area is 208 Å². The number of ether oxygens (including phenoxy) is 1. The topological polar surface area (TPSA) is 56.3 Å². The SMILES string of the molecule is CCN1C(=O)N(Cc2cccc(OC)c2)C(=O)C12CCN(Cc1ccc3c(c1)CCCN3C)CC2. The van der Waals surface area contributed by atoms with Crippen LogP contribution in [0.5, 0.6) is 5.75 Å². The molecule has 2 saturated heterocycles. The van der Waals surface area contributed by atoms with Gasteiger partial charge in [0.2, 0.25) is 0 Å². The number of urea groups is 1. The molecule has 3 heterocycles. The number of aryl methyl sites for hydroxylation is 1. The maximum Gasteiger partial charge on any atom is 0.327 e. The largest absolute Gasteiger partial charge is 0.497 e. The fraction of sp³-hybridized carbons (Fsp3) is 0.500. The zero-order valence-corrected chi connectivity index (χ0v) is 21.1. The van der Waals surface area contributed by atoms with E-state index >= 15 is 0 Å². The summed E-state index contributed by atoms with van der Waals surface area (Å²) < 4.78 is 5.31. The zero-order valence-electron chi connectivity index (χ0n) is 21.1. The second-order valence-corrected chi connectivity index (χ2v) is 10.1. The maximum absolute atomic E-state index is 13.7. The molecule has 2 fully saturated rings. The van der Waals surface area contributed by atoms with Gasteiger partial charge in [-0.15, -0.1) is 0 Å². The number of anilines is 1. The molecule has 0 atom stereocenters. The Morgan fingerprint density at radius 3 is 2.49 bits per heavy atom. The van der Waals surface area contributed by atoms with E-state index in [1.807, 2.05) is 36.1 Å². The summed E-state index contributed by atoms with van der Waals surface area (Å²) in [5, 5.41) is 0. The number of hydrogen-bond donors (Lipinski definition) is 0. The van der Waals surface area contributed by atoms with Crippen LogP contribution in [0.1, 0.15) is 42.9 Å². The maximum atomic E-state index is 13.7. The van der Waals surface area contributed by atoms with Crippen LogP contribution in [0.4, 0.5) is 10.5 Å². The van der Waals surface area contributed by atoms with Gasteiger partial charge in [-0.2, -0.15) is 0 Å². The Balaban J connectivity index is 1.28. The fourth-order valence-electron chi connectivity index (χ4n) is 6.07. The van der Waals surface area contributed by atoms with Gasteiger partial charge in [0.1, 0.15) is 11.3 Å². The van der Waals surface area contributed by atoms with Gasteiger partial charge in [-0.25, -0.2) is 4.79 Å². The molecule has 3 amide bonds. The van der Waals surface area contributed by atoms with Gasteiger partial charge < -0.3 is 14.5 Å². The van der Waals surface area contributed by atoms with Crippen molar-refractivity contribution >= 4 is 17.6 Å². The average Bonchev–Trinajstić information content (AvgIpc) is 3.06. The van der Waals surface area contributed by atoms with Gasteiger partial charge in [-0.1, -0.05) is 24.3 Å². The van der Waals surface area contributed by atoms with Gasteiger partial charge in [-0.3, -0.25) is 14.6 Å². The molecule has 0 bridgehead atoms. The van der Waals surface area contributed by atoms with Crippen LogP contribution in [-0.2, 0) is 24.3 Å². The van der Waals surface area contributed by atoms with Crippen LogP contribution in [0.3, 0.4) is 0 Å². The molecule has 0 radical (unpaired) electrons. The van der Waals surface area contributed by atoms with Crippen LogP contribution in [0.25, 0.3) is 0 Å². The van der Waals surface area contributed by atoms with Crippen molar-refractivity contribution in [1.29, 1.82) is 0 Å². The number of carbonyl (C=O) groups is 2. The van der Waals surface area contributed by atoms with E-state index in [9.17, 15) is 9.59 Å². The summed E-state index contributed by atoms with van der Waals surface area (Å²) in [5.74, 6) is 0.675.